The van der Waals surface area contributed by atoms with Crippen molar-refractivity contribution in [3.63, 3.8) is 0 Å². The lowest BCUT2D eigenvalue weighted by atomic mass is 10.2. The number of nitrogens with zero attached hydrogens (tertiary/aromatic N) is 3. The van der Waals surface area contributed by atoms with Gasteiger partial charge < -0.3 is 30.1 Å². The molecule has 47 heavy (non-hydrogen) atoms. The summed E-state index contributed by atoms with van der Waals surface area (Å²) < 4.78 is 44.9. The zero-order chi connectivity index (χ0) is 34.0. The van der Waals surface area contributed by atoms with Crippen LogP contribution in [0.1, 0.15) is 5.56 Å². The van der Waals surface area contributed by atoms with E-state index in [9.17, 15) is 32.3 Å². The Morgan fingerprint density at radius 3 is 1.87 bits per heavy atom. The third kappa shape index (κ3) is 9.57. The minimum atomic E-state index is -4.60. The molecule has 0 heterocycles. The average Bonchev–Trinajstić information content (AvgIpc) is 3.08. The van der Waals surface area contributed by atoms with Gasteiger partial charge in [0.2, 0.25) is 11.8 Å². The molecule has 0 atom stereocenters. The van der Waals surface area contributed by atoms with Crippen molar-refractivity contribution in [1.29, 1.82) is 0 Å². The predicted octanol–water partition coefficient (Wildman–Crippen LogP) is 5.56. The summed E-state index contributed by atoms with van der Waals surface area (Å²) in [5, 5.41) is 4.60. The molecule has 0 radical (unpaired) electrons. The molecule has 4 aromatic rings. The molecule has 0 unspecified atom stereocenters. The number of rotatable bonds is 11. The first-order valence-corrected chi connectivity index (χ1v) is 14.3. The fourth-order valence-corrected chi connectivity index (χ4v) is 4.34. The molecule has 0 aliphatic carbocycles. The molecule has 0 fully saturated rings. The van der Waals surface area contributed by atoms with Gasteiger partial charge in [-0.1, -0.05) is 48.5 Å². The van der Waals surface area contributed by atoms with E-state index in [2.05, 4.69) is 10.6 Å². The monoisotopic (exact) mass is 647 g/mol. The number of halogens is 3. The molecule has 10 nitrogen and oxygen atoms in total. The number of likely N-dealkylation sites (N-methyl/N-ethyl adjacent to an activating group) is 2. The molecule has 0 aliphatic heterocycles. The van der Waals surface area contributed by atoms with Crippen LogP contribution >= 0.6 is 0 Å². The van der Waals surface area contributed by atoms with Crippen LogP contribution < -0.4 is 30.1 Å². The number of hydrogen-bond donors (Lipinski definition) is 2. The summed E-state index contributed by atoms with van der Waals surface area (Å²) in [6, 6.07) is 27.1. The Morgan fingerprint density at radius 2 is 1.26 bits per heavy atom. The second kappa shape index (κ2) is 15.4. The fourth-order valence-electron chi connectivity index (χ4n) is 4.34. The predicted molar refractivity (Wildman–Crippen MR) is 172 cm³/mol. The molecule has 0 saturated carbocycles. The van der Waals surface area contributed by atoms with Crippen LogP contribution in [0.3, 0.4) is 0 Å². The number of benzene rings is 4. The lowest BCUT2D eigenvalue weighted by Crippen LogP contribution is -2.46. The van der Waals surface area contributed by atoms with Crippen LogP contribution in [0.25, 0.3) is 0 Å². The number of amides is 5. The Balaban J connectivity index is 1.48. The van der Waals surface area contributed by atoms with Gasteiger partial charge in [-0.2, -0.15) is 13.2 Å². The number of alkyl halides is 3. The van der Waals surface area contributed by atoms with E-state index in [0.717, 1.165) is 23.1 Å². The van der Waals surface area contributed by atoms with Crippen molar-refractivity contribution in [2.75, 3.05) is 53.8 Å². The quantitative estimate of drug-likeness (QED) is 0.221. The lowest BCUT2D eigenvalue weighted by Gasteiger charge is -2.26. The molecule has 0 aromatic heterocycles. The number of anilines is 4. The summed E-state index contributed by atoms with van der Waals surface area (Å²) in [6.07, 6.45) is -4.60. The van der Waals surface area contributed by atoms with Gasteiger partial charge in [0.25, 0.3) is 5.91 Å². The van der Waals surface area contributed by atoms with Crippen molar-refractivity contribution in [3.8, 4) is 5.75 Å². The Morgan fingerprint density at radius 1 is 0.681 bits per heavy atom. The van der Waals surface area contributed by atoms with Crippen molar-refractivity contribution < 1.29 is 37.1 Å². The zero-order valence-electron chi connectivity index (χ0n) is 25.5. The molecule has 0 aliphatic rings. The van der Waals surface area contributed by atoms with Gasteiger partial charge >= 0.3 is 12.2 Å². The molecule has 13 heteroatoms. The largest absolute Gasteiger partial charge is 0.484 e. The molecule has 2 N–H and O–H groups in total. The van der Waals surface area contributed by atoms with E-state index < -0.39 is 42.7 Å². The van der Waals surface area contributed by atoms with Crippen molar-refractivity contribution in [1.82, 2.24) is 5.32 Å². The lowest BCUT2D eigenvalue weighted by molar-refractivity contribution is -0.137. The number of hydrogen-bond acceptors (Lipinski definition) is 5. The Kier molecular flexibility index (Phi) is 11.2. The second-order valence-corrected chi connectivity index (χ2v) is 10.2. The van der Waals surface area contributed by atoms with Crippen LogP contribution in [0.2, 0.25) is 0 Å². The van der Waals surface area contributed by atoms with Gasteiger partial charge in [0.05, 0.1) is 12.1 Å². The smallest absolute Gasteiger partial charge is 0.416 e. The first-order valence-electron chi connectivity index (χ1n) is 14.3. The number of nitrogens with one attached hydrogen (secondary N) is 2. The molecule has 244 valence electrons. The summed E-state index contributed by atoms with van der Waals surface area (Å²) >= 11 is 0. The Hall–Kier alpha value is -5.85. The van der Waals surface area contributed by atoms with Crippen molar-refractivity contribution in [2.45, 2.75) is 6.18 Å². The highest BCUT2D eigenvalue weighted by molar-refractivity contribution is 6.05. The highest BCUT2D eigenvalue weighted by Gasteiger charge is 2.30. The molecule has 0 spiro atoms. The van der Waals surface area contributed by atoms with Gasteiger partial charge in [-0.3, -0.25) is 14.4 Å². The van der Waals surface area contributed by atoms with E-state index in [-0.39, 0.29) is 29.6 Å². The second-order valence-electron chi connectivity index (χ2n) is 10.2. The molecule has 4 rings (SSSR count). The van der Waals surface area contributed by atoms with Crippen LogP contribution in [0, 0.1) is 0 Å². The van der Waals surface area contributed by atoms with Crippen molar-refractivity contribution >= 4 is 46.5 Å². The third-order valence-electron chi connectivity index (χ3n) is 6.97. The third-order valence-corrected chi connectivity index (χ3v) is 6.97. The van der Waals surface area contributed by atoms with Gasteiger partial charge in [0.1, 0.15) is 12.3 Å². The maximum atomic E-state index is 13.5. The van der Waals surface area contributed by atoms with Crippen LogP contribution in [0.5, 0.6) is 5.75 Å². The van der Waals surface area contributed by atoms with Gasteiger partial charge in [-0.05, 0) is 54.6 Å². The van der Waals surface area contributed by atoms with E-state index in [1.165, 1.54) is 21.9 Å². The maximum absolute atomic E-state index is 13.5. The number of para-hydroxylation sites is 2. The van der Waals surface area contributed by atoms with Gasteiger partial charge in [0.15, 0.2) is 6.61 Å². The van der Waals surface area contributed by atoms with E-state index in [4.69, 9.17) is 4.74 Å². The van der Waals surface area contributed by atoms with E-state index in [1.807, 2.05) is 6.07 Å². The number of urea groups is 1. The van der Waals surface area contributed by atoms with E-state index >= 15 is 0 Å². The first kappa shape index (κ1) is 34.0. The summed E-state index contributed by atoms with van der Waals surface area (Å²) in [4.78, 5) is 55.9. The molecule has 0 saturated heterocycles. The number of ether oxygens (including phenoxy) is 1. The van der Waals surface area contributed by atoms with Crippen molar-refractivity contribution in [3.05, 3.63) is 115 Å². The zero-order valence-corrected chi connectivity index (χ0v) is 25.5. The van der Waals surface area contributed by atoms with Crippen LogP contribution in [-0.2, 0) is 20.6 Å². The number of carbonyl (C=O) groups is 4. The SMILES string of the molecule is CN(C(=O)COc1cccc(N(CC(=O)N(C)c2ccccc2)C(=O)CNC(=O)Nc2cccc(C(F)(F)F)c2)c1)c1ccccc1. The molecular formula is C34H32F3N5O5. The fraction of sp³-hybridized carbons (Fsp3) is 0.176. The highest BCUT2D eigenvalue weighted by atomic mass is 19.4. The van der Waals surface area contributed by atoms with Crippen LogP contribution in [0.15, 0.2) is 109 Å². The summed E-state index contributed by atoms with van der Waals surface area (Å²) in [7, 11) is 3.17. The standard InChI is InChI=1S/C34H32F3N5O5/c1-40(26-13-5-3-6-14-26)31(44)22-42(30(43)21-38-33(46)39-25-12-9-11-24(19-25)34(35,36)37)28-17-10-18-29(20-28)47-23-32(45)41(2)27-15-7-4-8-16-27/h3-20H,21-23H2,1-2H3,(H2,38,39,46). The minimum absolute atomic E-state index is 0.126. The molecule has 4 aromatic carbocycles. The van der Waals surface area contributed by atoms with E-state index in [0.29, 0.717) is 11.4 Å². The van der Waals surface area contributed by atoms with Crippen LogP contribution in [-0.4, -0.2) is 57.5 Å². The van der Waals surface area contributed by atoms with Crippen LogP contribution in [0.4, 0.5) is 40.7 Å². The van der Waals surface area contributed by atoms with E-state index in [1.54, 1.807) is 86.9 Å². The molecule has 0 bridgehead atoms. The summed E-state index contributed by atoms with van der Waals surface area (Å²) in [5.41, 5.74) is 0.429. The summed E-state index contributed by atoms with van der Waals surface area (Å²) in [6.45, 7) is -1.34. The Bertz CT molecular complexity index is 1700. The Labute approximate surface area is 269 Å². The molecular weight excluding hydrogens is 615 g/mol. The average molecular weight is 648 g/mol. The normalized spacial score (nSPS) is 10.8. The van der Waals surface area contributed by atoms with Gasteiger partial charge in [-0.25, -0.2) is 4.79 Å². The van der Waals surface area contributed by atoms with Crippen molar-refractivity contribution in [2.24, 2.45) is 0 Å². The first-order chi connectivity index (χ1) is 22.4. The number of carbonyl (C=O) groups excluding carboxylic acids is 4. The summed E-state index contributed by atoms with van der Waals surface area (Å²) in [5.74, 6) is -1.24. The topological polar surface area (TPSA) is 111 Å². The minimum Gasteiger partial charge on any atom is -0.484 e. The maximum Gasteiger partial charge on any atom is 0.416 e. The molecule has 5 amide bonds. The van der Waals surface area contributed by atoms with Gasteiger partial charge in [-0.15, -0.1) is 0 Å². The highest BCUT2D eigenvalue weighted by Crippen LogP contribution is 2.30. The van der Waals surface area contributed by atoms with Gasteiger partial charge in [0, 0.05) is 42.9 Å².